The van der Waals surface area contributed by atoms with E-state index in [9.17, 15) is 9.90 Å². The summed E-state index contributed by atoms with van der Waals surface area (Å²) >= 11 is 0. The second-order valence-electron chi connectivity index (χ2n) is 6.49. The van der Waals surface area contributed by atoms with Crippen molar-refractivity contribution in [2.75, 3.05) is 5.32 Å². The number of nitrogens with one attached hydrogen (secondary N) is 1. The summed E-state index contributed by atoms with van der Waals surface area (Å²) in [5, 5.41) is 17.6. The van der Waals surface area contributed by atoms with Crippen LogP contribution in [0, 0.1) is 20.8 Å². The number of hydrogen-bond acceptors (Lipinski definition) is 3. The Kier molecular flexibility index (Phi) is 4.80. The van der Waals surface area contributed by atoms with Crippen LogP contribution in [0.15, 0.2) is 42.5 Å². The predicted octanol–water partition coefficient (Wildman–Crippen LogP) is 4.80. The Hall–Kier alpha value is -3.08. The molecule has 3 rings (SSSR count). The van der Waals surface area contributed by atoms with E-state index in [0.29, 0.717) is 5.69 Å². The lowest BCUT2D eigenvalue weighted by molar-refractivity contribution is 0.0698. The largest absolute Gasteiger partial charge is 0.478 e. The van der Waals surface area contributed by atoms with E-state index in [2.05, 4.69) is 10.4 Å². The smallest absolute Gasteiger partial charge is 0.337 e. The van der Waals surface area contributed by atoms with Crippen LogP contribution in [0.3, 0.4) is 0 Å². The fourth-order valence-corrected chi connectivity index (χ4v) is 3.10. The molecule has 5 nitrogen and oxygen atoms in total. The van der Waals surface area contributed by atoms with Gasteiger partial charge in [0.05, 0.1) is 22.6 Å². The first kappa shape index (κ1) is 17.7. The third-order valence-corrected chi connectivity index (χ3v) is 4.46. The van der Waals surface area contributed by atoms with Gasteiger partial charge in [0.1, 0.15) is 5.82 Å². The van der Waals surface area contributed by atoms with Crippen molar-refractivity contribution >= 4 is 17.5 Å². The Morgan fingerprint density at radius 3 is 2.50 bits per heavy atom. The zero-order valence-corrected chi connectivity index (χ0v) is 15.5. The van der Waals surface area contributed by atoms with E-state index >= 15 is 0 Å². The molecule has 0 aliphatic heterocycles. The van der Waals surface area contributed by atoms with E-state index < -0.39 is 5.97 Å². The van der Waals surface area contributed by atoms with Crippen molar-refractivity contribution in [3.05, 3.63) is 70.4 Å². The molecule has 0 atom stereocenters. The van der Waals surface area contributed by atoms with Gasteiger partial charge in [-0.25, -0.2) is 9.48 Å². The number of benzene rings is 2. The Morgan fingerprint density at radius 1 is 1.12 bits per heavy atom. The van der Waals surface area contributed by atoms with E-state index in [1.165, 1.54) is 0 Å². The number of hydrogen-bond donors (Lipinski definition) is 2. The molecule has 0 spiro atoms. The maximum Gasteiger partial charge on any atom is 0.337 e. The van der Waals surface area contributed by atoms with Crippen LogP contribution in [-0.2, 0) is 6.42 Å². The molecule has 134 valence electrons. The number of nitrogens with zero attached hydrogens (tertiary/aromatic N) is 2. The van der Waals surface area contributed by atoms with Crippen LogP contribution in [0.4, 0.5) is 11.5 Å². The van der Waals surface area contributed by atoms with Crippen molar-refractivity contribution in [2.24, 2.45) is 0 Å². The first-order chi connectivity index (χ1) is 12.4. The summed E-state index contributed by atoms with van der Waals surface area (Å²) in [6.07, 6.45) is 0.793. The second-order valence-corrected chi connectivity index (χ2v) is 6.49. The summed E-state index contributed by atoms with van der Waals surface area (Å²) < 4.78 is 1.82. The minimum absolute atomic E-state index is 0.275. The van der Waals surface area contributed by atoms with Gasteiger partial charge in [-0.15, -0.1) is 0 Å². The van der Waals surface area contributed by atoms with Gasteiger partial charge < -0.3 is 10.4 Å². The van der Waals surface area contributed by atoms with Gasteiger partial charge in [-0.05, 0) is 56.0 Å². The number of anilines is 2. The number of aryl methyl sites for hydroxylation is 4. The SMILES string of the molecule is CCc1cc(C)c(Nc2cc(C)nn2-c2ccccc2C)c(C(=O)O)c1. The molecule has 0 saturated heterocycles. The van der Waals surface area contributed by atoms with Gasteiger partial charge in [-0.3, -0.25) is 0 Å². The number of carboxylic acid groups (broad SMARTS) is 1. The van der Waals surface area contributed by atoms with Crippen molar-refractivity contribution in [3.8, 4) is 5.69 Å². The quantitative estimate of drug-likeness (QED) is 0.694. The summed E-state index contributed by atoms with van der Waals surface area (Å²) in [6, 6.07) is 13.7. The normalized spacial score (nSPS) is 10.8. The summed E-state index contributed by atoms with van der Waals surface area (Å²) in [5.41, 5.74) is 5.70. The van der Waals surface area contributed by atoms with Crippen molar-refractivity contribution in [2.45, 2.75) is 34.1 Å². The van der Waals surface area contributed by atoms with Gasteiger partial charge in [0.15, 0.2) is 0 Å². The maximum atomic E-state index is 11.8. The van der Waals surface area contributed by atoms with Crippen molar-refractivity contribution in [3.63, 3.8) is 0 Å². The molecule has 0 saturated carbocycles. The lowest BCUT2D eigenvalue weighted by Gasteiger charge is -2.16. The summed E-state index contributed by atoms with van der Waals surface area (Å²) in [6.45, 7) is 7.89. The highest BCUT2D eigenvalue weighted by Gasteiger charge is 2.17. The lowest BCUT2D eigenvalue weighted by Crippen LogP contribution is -2.09. The van der Waals surface area contributed by atoms with Crippen molar-refractivity contribution in [1.29, 1.82) is 0 Å². The second kappa shape index (κ2) is 7.04. The zero-order valence-electron chi connectivity index (χ0n) is 15.5. The molecule has 0 fully saturated rings. The molecule has 0 unspecified atom stereocenters. The molecular formula is C21H23N3O2. The fourth-order valence-electron chi connectivity index (χ4n) is 3.10. The molecule has 1 aromatic heterocycles. The first-order valence-electron chi connectivity index (χ1n) is 8.67. The van der Waals surface area contributed by atoms with Crippen LogP contribution >= 0.6 is 0 Å². The molecule has 3 aromatic rings. The summed E-state index contributed by atoms with van der Waals surface area (Å²) in [7, 11) is 0. The van der Waals surface area contributed by atoms with Crippen LogP contribution in [0.25, 0.3) is 5.69 Å². The minimum Gasteiger partial charge on any atom is -0.478 e. The van der Waals surface area contributed by atoms with E-state index in [1.807, 2.05) is 68.8 Å². The van der Waals surface area contributed by atoms with E-state index in [-0.39, 0.29) is 5.56 Å². The predicted molar refractivity (Wildman–Crippen MR) is 104 cm³/mol. The molecule has 0 radical (unpaired) electrons. The average Bonchev–Trinajstić information content (AvgIpc) is 2.96. The zero-order chi connectivity index (χ0) is 18.8. The molecule has 26 heavy (non-hydrogen) atoms. The molecule has 2 N–H and O–H groups in total. The number of carbonyl (C=O) groups is 1. The van der Waals surface area contributed by atoms with Crippen LogP contribution in [-0.4, -0.2) is 20.9 Å². The van der Waals surface area contributed by atoms with Gasteiger partial charge >= 0.3 is 5.97 Å². The molecule has 0 aliphatic rings. The van der Waals surface area contributed by atoms with Crippen LogP contribution in [0.5, 0.6) is 0 Å². The topological polar surface area (TPSA) is 67.2 Å². The van der Waals surface area contributed by atoms with Gasteiger partial charge in [0.25, 0.3) is 0 Å². The molecular weight excluding hydrogens is 326 g/mol. The molecule has 0 bridgehead atoms. The van der Waals surface area contributed by atoms with E-state index in [4.69, 9.17) is 0 Å². The van der Waals surface area contributed by atoms with Crippen LogP contribution < -0.4 is 5.32 Å². The van der Waals surface area contributed by atoms with Crippen molar-refractivity contribution < 1.29 is 9.90 Å². The van der Waals surface area contributed by atoms with E-state index in [0.717, 1.165) is 40.3 Å². The highest BCUT2D eigenvalue weighted by molar-refractivity contribution is 5.96. The highest BCUT2D eigenvalue weighted by Crippen LogP contribution is 2.29. The standard InChI is InChI=1S/C21H23N3O2/c1-5-16-10-14(3)20(17(12-16)21(25)26)22-19-11-15(4)23-24(19)18-9-7-6-8-13(18)2/h6-12,22H,5H2,1-4H3,(H,25,26). The molecule has 1 heterocycles. The minimum atomic E-state index is -0.940. The number of aromatic carboxylic acids is 1. The van der Waals surface area contributed by atoms with Crippen LogP contribution in [0.2, 0.25) is 0 Å². The third-order valence-electron chi connectivity index (χ3n) is 4.46. The molecule has 2 aromatic carbocycles. The Bertz CT molecular complexity index is 973. The third kappa shape index (κ3) is 3.33. The Labute approximate surface area is 153 Å². The number of rotatable bonds is 5. The van der Waals surface area contributed by atoms with Gasteiger partial charge in [-0.2, -0.15) is 5.10 Å². The number of carboxylic acids is 1. The maximum absolute atomic E-state index is 11.8. The van der Waals surface area contributed by atoms with Gasteiger partial charge in [0, 0.05) is 6.07 Å². The molecule has 0 aliphatic carbocycles. The van der Waals surface area contributed by atoms with Gasteiger partial charge in [0.2, 0.25) is 0 Å². The fraction of sp³-hybridized carbons (Fsp3) is 0.238. The summed E-state index contributed by atoms with van der Waals surface area (Å²) in [4.78, 5) is 11.8. The van der Waals surface area contributed by atoms with Gasteiger partial charge in [-0.1, -0.05) is 31.2 Å². The molecule has 5 heteroatoms. The highest BCUT2D eigenvalue weighted by atomic mass is 16.4. The van der Waals surface area contributed by atoms with Crippen LogP contribution in [0.1, 0.15) is 39.7 Å². The lowest BCUT2D eigenvalue weighted by atomic mass is 10.0. The Morgan fingerprint density at radius 2 is 1.85 bits per heavy atom. The average molecular weight is 349 g/mol. The van der Waals surface area contributed by atoms with Crippen molar-refractivity contribution in [1.82, 2.24) is 9.78 Å². The van der Waals surface area contributed by atoms with E-state index in [1.54, 1.807) is 6.07 Å². The number of para-hydroxylation sites is 1. The monoisotopic (exact) mass is 349 g/mol. The first-order valence-corrected chi connectivity index (χ1v) is 8.67. The number of aromatic nitrogens is 2. The Balaban J connectivity index is 2.12. The molecule has 0 amide bonds. The summed E-state index contributed by atoms with van der Waals surface area (Å²) in [5.74, 6) is -0.198.